The number of aliphatic hydroxyl groups is 5. The van der Waals surface area contributed by atoms with Gasteiger partial charge in [-0.25, -0.2) is 9.11 Å². The van der Waals surface area contributed by atoms with Crippen molar-refractivity contribution in [2.24, 2.45) is 0 Å². The minimum Gasteiger partial charge on any atom is -0.756 e. The minimum absolute atomic E-state index is 0.261. The number of esters is 1. The number of aromatic amines is 1. The van der Waals surface area contributed by atoms with E-state index < -0.39 is 120 Å². The zero-order valence-corrected chi connectivity index (χ0v) is 32.2. The summed E-state index contributed by atoms with van der Waals surface area (Å²) >= 11 is 0. The first-order chi connectivity index (χ1) is 25.9. The Balaban J connectivity index is 1.60. The summed E-state index contributed by atoms with van der Waals surface area (Å²) in [5, 5.41) is 53.9. The Labute approximate surface area is 315 Å². The molecule has 24 heteroatoms. The van der Waals surface area contributed by atoms with Crippen molar-refractivity contribution >= 4 is 27.5 Å². The van der Waals surface area contributed by atoms with Gasteiger partial charge in [0.15, 0.2) is 18.6 Å². The molecule has 3 heterocycles. The molecule has 0 aliphatic carbocycles. The second-order valence-corrected chi connectivity index (χ2v) is 16.2. The molecule has 7 N–H and O–H groups in total. The van der Waals surface area contributed by atoms with Gasteiger partial charge < -0.3 is 59.4 Å². The van der Waals surface area contributed by atoms with E-state index in [1.54, 1.807) is 0 Å². The highest BCUT2D eigenvalue weighted by molar-refractivity contribution is 7.59. The molecule has 0 aromatic carbocycles. The van der Waals surface area contributed by atoms with Crippen LogP contribution in [0.25, 0.3) is 0 Å². The van der Waals surface area contributed by atoms with Crippen molar-refractivity contribution in [1.29, 1.82) is 0 Å². The first-order valence-electron chi connectivity index (χ1n) is 18.0. The maximum Gasteiger partial charge on any atom is 0.330 e. The number of hydrogen-bond acceptors (Lipinski definition) is 19. The highest BCUT2D eigenvalue weighted by Gasteiger charge is 2.50. The average Bonchev–Trinajstić information content (AvgIpc) is 3.37. The van der Waals surface area contributed by atoms with Crippen LogP contribution in [0, 0.1) is 0 Å². The lowest BCUT2D eigenvalue weighted by Crippen LogP contribution is -2.65. The molecule has 0 spiro atoms. The Morgan fingerprint density at radius 1 is 0.964 bits per heavy atom. The quantitative estimate of drug-likeness (QED) is 0.0367. The molecule has 1 aromatic rings. The second-order valence-electron chi connectivity index (χ2n) is 13.3. The molecule has 1 aromatic heterocycles. The minimum atomic E-state index is -6.09. The molecule has 2 fully saturated rings. The van der Waals surface area contributed by atoms with Crippen molar-refractivity contribution in [2.75, 3.05) is 13.2 Å². The number of H-pyrrole nitrogens is 1. The van der Waals surface area contributed by atoms with Crippen LogP contribution in [0.3, 0.4) is 0 Å². The van der Waals surface area contributed by atoms with E-state index in [1.807, 2.05) is 4.98 Å². The van der Waals surface area contributed by atoms with E-state index in [0.29, 0.717) is 11.0 Å². The number of unbranched alkanes of at least 4 members (excludes halogenated alkanes) is 8. The predicted molar refractivity (Wildman–Crippen MR) is 182 cm³/mol. The largest absolute Gasteiger partial charge is 0.756 e. The Kier molecular flexibility index (Phi) is 18.7. The molecule has 22 nitrogen and oxygen atoms in total. The summed E-state index contributed by atoms with van der Waals surface area (Å²) in [7, 11) is -12.0. The fourth-order valence-electron chi connectivity index (χ4n) is 6.05. The summed E-state index contributed by atoms with van der Waals surface area (Å²) in [5.41, 5.74) is -1.82. The summed E-state index contributed by atoms with van der Waals surface area (Å²) in [6.07, 6.45) is -5.89. The highest BCUT2D eigenvalue weighted by atomic mass is 31.3. The topological polar surface area (TPSA) is 338 Å². The van der Waals surface area contributed by atoms with Crippen LogP contribution in [-0.2, 0) is 46.3 Å². The van der Waals surface area contributed by atoms with Crippen LogP contribution >= 0.6 is 15.6 Å². The van der Waals surface area contributed by atoms with Gasteiger partial charge in [0.05, 0.1) is 25.7 Å². The number of ether oxygens (including phenoxy) is 3. The van der Waals surface area contributed by atoms with Crippen LogP contribution in [-0.4, -0.2) is 115 Å². The predicted octanol–water partition coefficient (Wildman–Crippen LogP) is -1.69. The summed E-state index contributed by atoms with van der Waals surface area (Å²) in [6.45, 7) is 0.948. The van der Waals surface area contributed by atoms with Crippen molar-refractivity contribution in [3.8, 4) is 0 Å². The Morgan fingerprint density at radius 2 is 1.60 bits per heavy atom. The van der Waals surface area contributed by atoms with Gasteiger partial charge in [0.2, 0.25) is 5.91 Å². The van der Waals surface area contributed by atoms with Gasteiger partial charge in [0.25, 0.3) is 21.2 Å². The van der Waals surface area contributed by atoms with Crippen molar-refractivity contribution < 1.29 is 81.6 Å². The lowest BCUT2D eigenvalue weighted by Gasteiger charge is -2.45. The van der Waals surface area contributed by atoms with Gasteiger partial charge >= 0.3 is 11.7 Å². The van der Waals surface area contributed by atoms with Crippen LogP contribution < -0.4 is 26.4 Å². The highest BCUT2D eigenvalue weighted by Crippen LogP contribution is 2.57. The van der Waals surface area contributed by atoms with E-state index >= 15 is 0 Å². The van der Waals surface area contributed by atoms with Crippen molar-refractivity contribution in [2.45, 2.75) is 146 Å². The Bertz CT molecular complexity index is 1590. The van der Waals surface area contributed by atoms with E-state index in [9.17, 15) is 63.6 Å². The number of phosphoric acid groups is 2. The normalized spacial score (nSPS) is 29.6. The first-order valence-corrected chi connectivity index (χ1v) is 20.9. The molecule has 3 rings (SSSR count). The van der Waals surface area contributed by atoms with Gasteiger partial charge in [0, 0.05) is 19.2 Å². The van der Waals surface area contributed by atoms with E-state index in [4.69, 9.17) is 18.7 Å². The SMILES string of the molecule is CCCCCCCCCCC[C@@H](O)CC(=O)O[C@H]1[C@H](O)[C@@H](CO)O[C@H](OP(=O)([O-])OP(=O)([O-])OC[C@H]2O[C@@H](n3ccc(=O)[nH]c3=O)[C@H](O)[C@@H]2O)[C@@H]1NC(C)=O. The lowest BCUT2D eigenvalue weighted by atomic mass is 9.96. The summed E-state index contributed by atoms with van der Waals surface area (Å²) in [6, 6.07) is -0.936. The maximum absolute atomic E-state index is 12.8. The number of carbonyl (C=O) groups is 2. The third-order valence-electron chi connectivity index (χ3n) is 8.83. The molecule has 0 bridgehead atoms. The van der Waals surface area contributed by atoms with Gasteiger partial charge in [-0.1, -0.05) is 64.7 Å². The standard InChI is InChI=1S/C31H53N3O19P2/c1-3-4-5-6-7-8-9-10-11-12-19(37)15-23(39)51-28-24(32-18(2)36)30(50-20(16-35)26(28)41)52-55(46,47)53-54(44,45)48-17-21-25(40)27(42)29(49-21)34-14-13-22(38)33-31(34)43/h13-14,19-21,24-30,35,37,40-42H,3-12,15-17H2,1-2H3,(H,32,36)(H,44,45)(H,46,47)(H,33,38,43)/p-2/t19-,20-,21-,24-,25-,26-,27-,28-,29-,30-/m1/s1. The van der Waals surface area contributed by atoms with Crippen LogP contribution in [0.2, 0.25) is 0 Å². The molecule has 55 heavy (non-hydrogen) atoms. The van der Waals surface area contributed by atoms with Gasteiger partial charge in [-0.3, -0.25) is 37.6 Å². The van der Waals surface area contributed by atoms with Gasteiger partial charge in [-0.2, -0.15) is 0 Å². The zero-order chi connectivity index (χ0) is 40.9. The number of rotatable bonds is 23. The van der Waals surface area contributed by atoms with Crippen LogP contribution in [0.5, 0.6) is 0 Å². The summed E-state index contributed by atoms with van der Waals surface area (Å²) < 4.78 is 55.3. The Morgan fingerprint density at radius 3 is 2.20 bits per heavy atom. The van der Waals surface area contributed by atoms with Gasteiger partial charge in [-0.05, 0) is 6.42 Å². The number of aromatic nitrogens is 2. The number of aliphatic hydroxyl groups excluding tert-OH is 5. The third-order valence-corrected chi connectivity index (χ3v) is 11.4. The van der Waals surface area contributed by atoms with E-state index in [1.165, 1.54) is 19.3 Å². The molecular formula is C31H51N3O19P2-2. The number of amides is 1. The van der Waals surface area contributed by atoms with E-state index in [0.717, 1.165) is 51.3 Å². The fourth-order valence-corrected chi connectivity index (χ4v) is 8.14. The molecule has 12 atom stereocenters. The average molecular weight is 832 g/mol. The van der Waals surface area contributed by atoms with Gasteiger partial charge in [0.1, 0.15) is 36.6 Å². The second kappa shape index (κ2) is 21.9. The van der Waals surface area contributed by atoms with E-state index in [2.05, 4.69) is 21.1 Å². The van der Waals surface area contributed by atoms with Crippen LogP contribution in [0.4, 0.5) is 0 Å². The molecule has 2 unspecified atom stereocenters. The van der Waals surface area contributed by atoms with Crippen molar-refractivity contribution in [3.05, 3.63) is 33.1 Å². The molecule has 2 saturated heterocycles. The number of nitrogens with one attached hydrogen (secondary N) is 2. The smallest absolute Gasteiger partial charge is 0.330 e. The summed E-state index contributed by atoms with van der Waals surface area (Å²) in [4.78, 5) is 75.6. The fraction of sp³-hybridized carbons (Fsp3) is 0.806. The molecular weight excluding hydrogens is 780 g/mol. The Hall–Kier alpha value is -2.40. The van der Waals surface area contributed by atoms with Crippen molar-refractivity contribution in [3.63, 3.8) is 0 Å². The zero-order valence-electron chi connectivity index (χ0n) is 30.4. The van der Waals surface area contributed by atoms with Gasteiger partial charge in [-0.15, -0.1) is 0 Å². The first kappa shape index (κ1) is 47.0. The lowest BCUT2D eigenvalue weighted by molar-refractivity contribution is -0.286. The maximum atomic E-state index is 12.8. The number of phosphoric ester groups is 2. The number of carbonyl (C=O) groups excluding carboxylic acids is 2. The number of hydrogen-bond donors (Lipinski definition) is 7. The molecule has 0 saturated carbocycles. The van der Waals surface area contributed by atoms with Crippen LogP contribution in [0.15, 0.2) is 21.9 Å². The molecule has 316 valence electrons. The molecule has 0 radical (unpaired) electrons. The molecule has 1 amide bonds. The van der Waals surface area contributed by atoms with Crippen LogP contribution in [0.1, 0.15) is 90.7 Å². The monoisotopic (exact) mass is 831 g/mol. The van der Waals surface area contributed by atoms with E-state index in [-0.39, 0.29) is 6.42 Å². The molecule has 2 aliphatic heterocycles. The third kappa shape index (κ3) is 14.8. The molecule has 2 aliphatic rings. The summed E-state index contributed by atoms with van der Waals surface area (Å²) in [5.74, 6) is -1.93. The number of nitrogens with zero attached hydrogens (tertiary/aromatic N) is 1. The van der Waals surface area contributed by atoms with Crippen molar-refractivity contribution in [1.82, 2.24) is 14.9 Å².